The standard InChI is InChI=1S/C20H10F4N2O5/c21-19-10-5-13-14(29-8-28-13)6-12(10)31-11-3-4-25-17(16(11)19)26(18(19)27)7-9-1-2-15(30-9)20(22,23)24/h1-6H,7-8H2. The number of alkyl halides is 4. The van der Waals surface area contributed by atoms with Crippen LogP contribution in [0.25, 0.3) is 0 Å². The number of aromatic nitrogens is 1. The third-order valence-corrected chi connectivity index (χ3v) is 5.35. The lowest BCUT2D eigenvalue weighted by Crippen LogP contribution is -2.39. The number of furan rings is 1. The van der Waals surface area contributed by atoms with Gasteiger partial charge in [-0.1, -0.05) is 0 Å². The monoisotopic (exact) mass is 434 g/mol. The Balaban J connectivity index is 1.47. The van der Waals surface area contributed by atoms with Gasteiger partial charge in [-0.15, -0.1) is 0 Å². The SMILES string of the molecule is O=C1N(Cc2ccc(C(F)(F)F)o2)c2nccc3c2C1(F)c1cc2c(cc1O3)OCO2. The molecule has 5 heterocycles. The number of hydrogen-bond acceptors (Lipinski definition) is 6. The Kier molecular flexibility index (Phi) is 3.31. The second kappa shape index (κ2) is 5.68. The summed E-state index contributed by atoms with van der Waals surface area (Å²) in [5.41, 5.74) is -2.87. The maximum atomic E-state index is 16.5. The van der Waals surface area contributed by atoms with Gasteiger partial charge in [0.2, 0.25) is 18.2 Å². The van der Waals surface area contributed by atoms with Crippen LogP contribution in [0.1, 0.15) is 22.6 Å². The number of carbonyl (C=O) groups is 1. The van der Waals surface area contributed by atoms with E-state index in [0.717, 1.165) is 17.0 Å². The highest BCUT2D eigenvalue weighted by atomic mass is 19.4. The van der Waals surface area contributed by atoms with E-state index in [4.69, 9.17) is 18.6 Å². The van der Waals surface area contributed by atoms with Crippen molar-refractivity contribution >= 4 is 11.7 Å². The molecule has 0 bridgehead atoms. The average Bonchev–Trinajstić information content (AvgIpc) is 3.42. The minimum Gasteiger partial charge on any atom is -0.456 e. The molecule has 158 valence electrons. The molecule has 2 aromatic heterocycles. The number of nitrogens with zero attached hydrogens (tertiary/aromatic N) is 2. The molecule has 0 aliphatic carbocycles. The van der Waals surface area contributed by atoms with Crippen molar-refractivity contribution in [3.05, 3.63) is 59.2 Å². The van der Waals surface area contributed by atoms with Gasteiger partial charge in [0, 0.05) is 12.3 Å². The quantitative estimate of drug-likeness (QED) is 0.561. The molecule has 1 aromatic carbocycles. The molecule has 0 saturated heterocycles. The van der Waals surface area contributed by atoms with Crippen LogP contribution < -0.4 is 19.1 Å². The van der Waals surface area contributed by atoms with Crippen molar-refractivity contribution < 1.29 is 41.0 Å². The normalized spacial score (nSPS) is 20.5. The van der Waals surface area contributed by atoms with Crippen molar-refractivity contribution in [1.29, 1.82) is 0 Å². The number of pyridine rings is 1. The van der Waals surface area contributed by atoms with Gasteiger partial charge in [0.15, 0.2) is 11.5 Å². The highest BCUT2D eigenvalue weighted by Crippen LogP contribution is 2.58. The van der Waals surface area contributed by atoms with Crippen molar-refractivity contribution in [2.24, 2.45) is 0 Å². The fourth-order valence-electron chi connectivity index (χ4n) is 4.00. The van der Waals surface area contributed by atoms with Gasteiger partial charge in [0.25, 0.3) is 5.91 Å². The van der Waals surface area contributed by atoms with Crippen LogP contribution in [-0.2, 0) is 23.2 Å². The zero-order chi connectivity index (χ0) is 21.5. The lowest BCUT2D eigenvalue weighted by molar-refractivity contribution is -0.153. The first-order chi connectivity index (χ1) is 14.8. The van der Waals surface area contributed by atoms with E-state index in [9.17, 15) is 18.0 Å². The summed E-state index contributed by atoms with van der Waals surface area (Å²) >= 11 is 0. The van der Waals surface area contributed by atoms with Crippen LogP contribution in [0.4, 0.5) is 23.4 Å². The number of fused-ring (bicyclic) bond motifs is 3. The summed E-state index contributed by atoms with van der Waals surface area (Å²) in [5.74, 6) is -1.72. The van der Waals surface area contributed by atoms with Crippen molar-refractivity contribution in [3.63, 3.8) is 0 Å². The summed E-state index contributed by atoms with van der Waals surface area (Å²) in [6.45, 7) is -0.499. The first-order valence-electron chi connectivity index (χ1n) is 9.05. The Bertz CT molecular complexity index is 1270. The predicted molar refractivity (Wildman–Crippen MR) is 93.7 cm³/mol. The molecule has 1 unspecified atom stereocenters. The molecular weight excluding hydrogens is 424 g/mol. The lowest BCUT2D eigenvalue weighted by Gasteiger charge is -2.28. The summed E-state index contributed by atoms with van der Waals surface area (Å²) in [5, 5.41) is 0. The van der Waals surface area contributed by atoms with Crippen molar-refractivity contribution in [3.8, 4) is 23.0 Å². The molecule has 0 radical (unpaired) electrons. The minimum absolute atomic E-state index is 0.0572. The van der Waals surface area contributed by atoms with Crippen LogP contribution in [0.2, 0.25) is 0 Å². The first-order valence-corrected chi connectivity index (χ1v) is 9.05. The van der Waals surface area contributed by atoms with E-state index in [0.29, 0.717) is 5.75 Å². The Morgan fingerprint density at radius 1 is 1.06 bits per heavy atom. The van der Waals surface area contributed by atoms with E-state index in [1.165, 1.54) is 24.4 Å². The average molecular weight is 434 g/mol. The molecule has 0 spiro atoms. The highest BCUT2D eigenvalue weighted by molar-refractivity contribution is 6.10. The fraction of sp³-hybridized carbons (Fsp3) is 0.200. The molecule has 0 N–H and O–H groups in total. The molecular formula is C20H10F4N2O5. The largest absolute Gasteiger partial charge is 0.456 e. The van der Waals surface area contributed by atoms with Gasteiger partial charge in [-0.25, -0.2) is 9.37 Å². The first kappa shape index (κ1) is 18.0. The number of rotatable bonds is 2. The third-order valence-electron chi connectivity index (χ3n) is 5.35. The second-order valence-electron chi connectivity index (χ2n) is 7.12. The van der Waals surface area contributed by atoms with Crippen LogP contribution in [0.5, 0.6) is 23.0 Å². The minimum atomic E-state index is -4.68. The van der Waals surface area contributed by atoms with Crippen LogP contribution in [-0.4, -0.2) is 17.7 Å². The second-order valence-corrected chi connectivity index (χ2v) is 7.12. The molecule has 31 heavy (non-hydrogen) atoms. The van der Waals surface area contributed by atoms with Crippen molar-refractivity contribution in [1.82, 2.24) is 4.98 Å². The van der Waals surface area contributed by atoms with E-state index in [1.54, 1.807) is 0 Å². The summed E-state index contributed by atoms with van der Waals surface area (Å²) < 4.78 is 76.3. The van der Waals surface area contributed by atoms with Gasteiger partial charge >= 0.3 is 6.18 Å². The fourth-order valence-corrected chi connectivity index (χ4v) is 4.00. The number of ether oxygens (including phenoxy) is 3. The molecule has 3 aliphatic heterocycles. The lowest BCUT2D eigenvalue weighted by atomic mass is 9.86. The third kappa shape index (κ3) is 2.34. The zero-order valence-electron chi connectivity index (χ0n) is 15.3. The number of carbonyl (C=O) groups excluding carboxylic acids is 1. The Morgan fingerprint density at radius 3 is 2.58 bits per heavy atom. The van der Waals surface area contributed by atoms with Gasteiger partial charge in [0.1, 0.15) is 23.1 Å². The van der Waals surface area contributed by atoms with Crippen LogP contribution in [0, 0.1) is 0 Å². The van der Waals surface area contributed by atoms with Crippen molar-refractivity contribution in [2.75, 3.05) is 11.7 Å². The zero-order valence-corrected chi connectivity index (χ0v) is 15.3. The maximum Gasteiger partial charge on any atom is 0.449 e. The molecule has 1 atom stereocenters. The molecule has 3 aliphatic rings. The van der Waals surface area contributed by atoms with Crippen molar-refractivity contribution in [2.45, 2.75) is 18.4 Å². The van der Waals surface area contributed by atoms with E-state index >= 15 is 4.39 Å². The number of hydrogen-bond donors (Lipinski definition) is 0. The van der Waals surface area contributed by atoms with E-state index in [2.05, 4.69) is 4.98 Å². The highest BCUT2D eigenvalue weighted by Gasteiger charge is 2.59. The number of amides is 1. The topological polar surface area (TPSA) is 74.0 Å². The predicted octanol–water partition coefficient (Wildman–Crippen LogP) is 4.29. The van der Waals surface area contributed by atoms with E-state index < -0.39 is 30.1 Å². The molecule has 3 aromatic rings. The summed E-state index contributed by atoms with van der Waals surface area (Å²) in [6.07, 6.45) is -3.36. The van der Waals surface area contributed by atoms with E-state index in [-0.39, 0.29) is 46.7 Å². The molecule has 0 saturated carbocycles. The van der Waals surface area contributed by atoms with Crippen LogP contribution in [0.3, 0.4) is 0 Å². The molecule has 0 fully saturated rings. The maximum absolute atomic E-state index is 16.5. The molecule has 1 amide bonds. The van der Waals surface area contributed by atoms with Gasteiger partial charge in [0.05, 0.1) is 17.7 Å². The van der Waals surface area contributed by atoms with Gasteiger partial charge < -0.3 is 18.6 Å². The van der Waals surface area contributed by atoms with Crippen LogP contribution in [0.15, 0.2) is 40.9 Å². The van der Waals surface area contributed by atoms with Gasteiger partial charge in [-0.3, -0.25) is 9.69 Å². The number of halogens is 4. The Labute approximate surface area is 170 Å². The Morgan fingerprint density at radius 2 is 1.84 bits per heavy atom. The smallest absolute Gasteiger partial charge is 0.449 e. The molecule has 6 rings (SSSR count). The van der Waals surface area contributed by atoms with Gasteiger partial charge in [-0.2, -0.15) is 13.2 Å². The van der Waals surface area contributed by atoms with Gasteiger partial charge in [-0.05, 0) is 24.3 Å². The summed E-state index contributed by atoms with van der Waals surface area (Å²) in [4.78, 5) is 18.3. The molecule has 7 nitrogen and oxygen atoms in total. The Hall–Kier alpha value is -3.76. The number of benzene rings is 1. The summed E-state index contributed by atoms with van der Waals surface area (Å²) in [6, 6.07) is 6.00. The number of anilines is 1. The van der Waals surface area contributed by atoms with E-state index in [1.807, 2.05) is 0 Å². The molecule has 11 heteroatoms. The van der Waals surface area contributed by atoms with Crippen LogP contribution >= 0.6 is 0 Å². The summed E-state index contributed by atoms with van der Waals surface area (Å²) in [7, 11) is 0.